The molecule has 2 rings (SSSR count). The summed E-state index contributed by atoms with van der Waals surface area (Å²) in [4.78, 5) is 24.4. The zero-order valence-electron chi connectivity index (χ0n) is 10.4. The second-order valence-electron chi connectivity index (χ2n) is 4.87. The summed E-state index contributed by atoms with van der Waals surface area (Å²) in [6.45, 7) is 1.97. The molecule has 5 nitrogen and oxygen atoms in total. The predicted octanol–water partition coefficient (Wildman–Crippen LogP) is 2.08. The summed E-state index contributed by atoms with van der Waals surface area (Å²) in [5.74, 6) is -1.04. The molecule has 0 bridgehead atoms. The summed E-state index contributed by atoms with van der Waals surface area (Å²) < 4.78 is 0. The number of carboxylic acids is 1. The second kappa shape index (κ2) is 4.33. The number of carbonyl (C=O) groups is 2. The van der Waals surface area contributed by atoms with Gasteiger partial charge in [0.25, 0.3) is 0 Å². The van der Waals surface area contributed by atoms with Gasteiger partial charge in [0, 0.05) is 12.6 Å². The number of amides is 2. The van der Waals surface area contributed by atoms with Crippen LogP contribution in [0.25, 0.3) is 0 Å². The Hall–Kier alpha value is -2.04. The third-order valence-electron chi connectivity index (χ3n) is 3.21. The average Bonchev–Trinajstić information content (AvgIpc) is 3.05. The lowest BCUT2D eigenvalue weighted by Crippen LogP contribution is -2.43. The molecule has 18 heavy (non-hydrogen) atoms. The van der Waals surface area contributed by atoms with Crippen LogP contribution in [-0.2, 0) is 0 Å². The number of benzene rings is 1. The number of hydrogen-bond acceptors (Lipinski definition) is 2. The fourth-order valence-electron chi connectivity index (χ4n) is 1.71. The van der Waals surface area contributed by atoms with Crippen LogP contribution in [-0.4, -0.2) is 29.7 Å². The molecule has 0 aromatic heterocycles. The summed E-state index contributed by atoms with van der Waals surface area (Å²) in [5.41, 5.74) is 0.395. The van der Waals surface area contributed by atoms with Gasteiger partial charge in [-0.3, -0.25) is 4.90 Å². The predicted molar refractivity (Wildman–Crippen MR) is 68.0 cm³/mol. The second-order valence-corrected chi connectivity index (χ2v) is 4.87. The van der Waals surface area contributed by atoms with Crippen LogP contribution in [0.2, 0.25) is 0 Å². The van der Waals surface area contributed by atoms with Crippen LogP contribution in [0.1, 0.15) is 30.1 Å². The first-order valence-corrected chi connectivity index (χ1v) is 5.81. The summed E-state index contributed by atoms with van der Waals surface area (Å²) in [6.07, 6.45) is 1.93. The van der Waals surface area contributed by atoms with Gasteiger partial charge in [-0.25, -0.2) is 9.59 Å². The highest BCUT2D eigenvalue weighted by Gasteiger charge is 2.39. The fraction of sp³-hybridized carbons (Fsp3) is 0.385. The third-order valence-corrected chi connectivity index (χ3v) is 3.21. The highest BCUT2D eigenvalue weighted by molar-refractivity contribution is 6.01. The molecule has 0 aliphatic heterocycles. The molecule has 96 valence electrons. The van der Waals surface area contributed by atoms with Gasteiger partial charge < -0.3 is 10.4 Å². The van der Waals surface area contributed by atoms with Gasteiger partial charge in [-0.2, -0.15) is 0 Å². The average molecular weight is 248 g/mol. The Morgan fingerprint density at radius 3 is 2.50 bits per heavy atom. The van der Waals surface area contributed by atoms with Crippen molar-refractivity contribution < 1.29 is 14.7 Å². The topological polar surface area (TPSA) is 69.6 Å². The Kier molecular flexibility index (Phi) is 2.98. The number of nitrogens with zero attached hydrogens (tertiary/aromatic N) is 1. The highest BCUT2D eigenvalue weighted by atomic mass is 16.4. The molecule has 1 fully saturated rings. The zero-order chi connectivity index (χ0) is 13.3. The molecule has 1 aliphatic rings. The number of aromatic carboxylic acids is 1. The van der Waals surface area contributed by atoms with E-state index in [1.165, 1.54) is 11.0 Å². The molecule has 1 aromatic rings. The van der Waals surface area contributed by atoms with E-state index in [1.54, 1.807) is 25.2 Å². The van der Waals surface area contributed by atoms with Crippen molar-refractivity contribution in [1.82, 2.24) is 5.32 Å². The van der Waals surface area contributed by atoms with Crippen LogP contribution < -0.4 is 10.2 Å². The van der Waals surface area contributed by atoms with E-state index in [2.05, 4.69) is 5.32 Å². The Balaban J connectivity index is 2.20. The van der Waals surface area contributed by atoms with E-state index in [0.29, 0.717) is 5.69 Å². The van der Waals surface area contributed by atoms with Crippen LogP contribution >= 0.6 is 0 Å². The molecule has 5 heteroatoms. The lowest BCUT2D eigenvalue weighted by atomic mass is 10.1. The van der Waals surface area contributed by atoms with Gasteiger partial charge in [-0.05, 0) is 31.9 Å². The fourth-order valence-corrected chi connectivity index (χ4v) is 1.71. The minimum atomic E-state index is -1.04. The molecule has 0 radical (unpaired) electrons. The molecular weight excluding hydrogens is 232 g/mol. The summed E-state index contributed by atoms with van der Waals surface area (Å²) >= 11 is 0. The molecule has 0 unspecified atom stereocenters. The number of carbonyl (C=O) groups excluding carboxylic acids is 1. The maximum absolute atomic E-state index is 12.0. The molecule has 0 saturated heterocycles. The minimum absolute atomic E-state index is 0.121. The first-order chi connectivity index (χ1) is 8.43. The van der Waals surface area contributed by atoms with Crippen molar-refractivity contribution in [2.75, 3.05) is 11.9 Å². The number of rotatable bonds is 3. The van der Waals surface area contributed by atoms with Crippen molar-refractivity contribution in [3.05, 3.63) is 29.8 Å². The van der Waals surface area contributed by atoms with Crippen LogP contribution in [0.15, 0.2) is 24.3 Å². The Labute approximate surface area is 105 Å². The number of nitrogens with one attached hydrogen (secondary N) is 1. The van der Waals surface area contributed by atoms with Crippen LogP contribution in [0.4, 0.5) is 10.5 Å². The lowest BCUT2D eigenvalue weighted by Gasteiger charge is -2.22. The number of para-hydroxylation sites is 1. The number of anilines is 1. The molecule has 1 saturated carbocycles. The van der Waals surface area contributed by atoms with Gasteiger partial charge in [0.15, 0.2) is 0 Å². The SMILES string of the molecule is CN(C(=O)NC1(C)CC1)c1ccccc1C(=O)O. The van der Waals surface area contributed by atoms with Crippen LogP contribution in [0.5, 0.6) is 0 Å². The Morgan fingerprint density at radius 2 is 1.94 bits per heavy atom. The van der Waals surface area contributed by atoms with Gasteiger partial charge in [0.05, 0.1) is 11.3 Å². The van der Waals surface area contributed by atoms with Crippen molar-refractivity contribution in [2.24, 2.45) is 0 Å². The van der Waals surface area contributed by atoms with Gasteiger partial charge in [-0.1, -0.05) is 12.1 Å². The number of carboxylic acid groups (broad SMARTS) is 1. The van der Waals surface area contributed by atoms with E-state index in [4.69, 9.17) is 5.11 Å². The van der Waals surface area contributed by atoms with E-state index in [9.17, 15) is 9.59 Å². The van der Waals surface area contributed by atoms with Crippen LogP contribution in [0.3, 0.4) is 0 Å². The standard InChI is InChI=1S/C13H16N2O3/c1-13(7-8-13)14-12(18)15(2)10-6-4-3-5-9(10)11(16)17/h3-6H,7-8H2,1-2H3,(H,14,18)(H,16,17). The smallest absolute Gasteiger partial charge is 0.337 e. The Bertz CT molecular complexity index is 495. The first-order valence-electron chi connectivity index (χ1n) is 5.81. The zero-order valence-corrected chi connectivity index (χ0v) is 10.4. The van der Waals surface area contributed by atoms with E-state index in [-0.39, 0.29) is 17.1 Å². The maximum Gasteiger partial charge on any atom is 0.337 e. The van der Waals surface area contributed by atoms with E-state index < -0.39 is 5.97 Å². The monoisotopic (exact) mass is 248 g/mol. The van der Waals surface area contributed by atoms with Crippen LogP contribution in [0, 0.1) is 0 Å². The molecule has 1 aromatic carbocycles. The summed E-state index contributed by atoms with van der Waals surface area (Å²) in [7, 11) is 1.57. The van der Waals surface area contributed by atoms with E-state index in [1.807, 2.05) is 6.92 Å². The maximum atomic E-state index is 12.0. The normalized spacial score (nSPS) is 15.9. The molecule has 1 aliphatic carbocycles. The van der Waals surface area contributed by atoms with Crippen molar-refractivity contribution in [3.63, 3.8) is 0 Å². The largest absolute Gasteiger partial charge is 0.478 e. The molecule has 0 atom stereocenters. The van der Waals surface area contributed by atoms with Gasteiger partial charge in [0.2, 0.25) is 0 Å². The molecule has 2 amide bonds. The lowest BCUT2D eigenvalue weighted by molar-refractivity contribution is 0.0697. The molecular formula is C13H16N2O3. The highest BCUT2D eigenvalue weighted by Crippen LogP contribution is 2.34. The quantitative estimate of drug-likeness (QED) is 0.860. The van der Waals surface area contributed by atoms with Crippen molar-refractivity contribution in [2.45, 2.75) is 25.3 Å². The minimum Gasteiger partial charge on any atom is -0.478 e. The van der Waals surface area contributed by atoms with Gasteiger partial charge in [0.1, 0.15) is 0 Å². The molecule has 0 heterocycles. The van der Waals surface area contributed by atoms with Crippen molar-refractivity contribution in [3.8, 4) is 0 Å². The summed E-state index contributed by atoms with van der Waals surface area (Å²) in [6, 6.07) is 6.19. The van der Waals surface area contributed by atoms with E-state index >= 15 is 0 Å². The number of urea groups is 1. The van der Waals surface area contributed by atoms with Gasteiger partial charge in [-0.15, -0.1) is 0 Å². The molecule has 0 spiro atoms. The van der Waals surface area contributed by atoms with Gasteiger partial charge >= 0.3 is 12.0 Å². The number of hydrogen-bond donors (Lipinski definition) is 2. The van der Waals surface area contributed by atoms with E-state index in [0.717, 1.165) is 12.8 Å². The first kappa shape index (κ1) is 12.4. The Morgan fingerprint density at radius 1 is 1.33 bits per heavy atom. The van der Waals surface area contributed by atoms with Crippen molar-refractivity contribution >= 4 is 17.7 Å². The molecule has 2 N–H and O–H groups in total. The summed E-state index contributed by atoms with van der Waals surface area (Å²) in [5, 5.41) is 12.0. The van der Waals surface area contributed by atoms with Crippen molar-refractivity contribution in [1.29, 1.82) is 0 Å². The third kappa shape index (κ3) is 2.45.